The molecule has 66 valence electrons. The molecule has 0 aromatic heterocycles. The second-order valence-corrected chi connectivity index (χ2v) is 8.51. The van der Waals surface area contributed by atoms with Crippen LogP contribution in [0.2, 0.25) is 0 Å². The molecule has 1 fully saturated rings. The van der Waals surface area contributed by atoms with E-state index in [9.17, 15) is 0 Å². The van der Waals surface area contributed by atoms with Crippen LogP contribution in [0.1, 0.15) is 19.3 Å². The fourth-order valence-corrected chi connectivity index (χ4v) is 2.10. The van der Waals surface area contributed by atoms with E-state index >= 15 is 0 Å². The lowest BCUT2D eigenvalue weighted by molar-refractivity contribution is -0.100. The van der Waals surface area contributed by atoms with E-state index in [0.717, 1.165) is 19.4 Å². The second-order valence-electron chi connectivity index (χ2n) is 3.15. The normalized spacial score (nSPS) is 26.9. The molecule has 0 aromatic carbocycles. The molecule has 0 spiro atoms. The number of hydrogen-bond acceptors (Lipinski definition) is 3. The SMILES string of the molecule is CP(C)(=S)O[C@H]1CCCCO1. The standard InChI is InChI=1S/C7H15O2PS/c1-10(2,11)9-7-5-3-4-6-8-7/h7H,3-6H2,1-2H3/t7-/m0/s1. The van der Waals surface area contributed by atoms with E-state index in [0.29, 0.717) is 0 Å². The van der Waals surface area contributed by atoms with E-state index in [1.165, 1.54) is 6.42 Å². The van der Waals surface area contributed by atoms with Crippen LogP contribution < -0.4 is 0 Å². The molecule has 1 atom stereocenters. The molecule has 0 bridgehead atoms. The molecule has 1 saturated heterocycles. The molecular formula is C7H15O2PS. The summed E-state index contributed by atoms with van der Waals surface area (Å²) in [6, 6.07) is 0. The quantitative estimate of drug-likeness (QED) is 0.628. The van der Waals surface area contributed by atoms with Crippen LogP contribution in [0.15, 0.2) is 0 Å². The molecule has 1 aliphatic heterocycles. The second kappa shape index (κ2) is 3.99. The molecule has 1 aliphatic rings. The average molecular weight is 194 g/mol. The van der Waals surface area contributed by atoms with Crippen molar-refractivity contribution < 1.29 is 9.26 Å². The number of rotatable bonds is 2. The molecule has 0 amide bonds. The summed E-state index contributed by atoms with van der Waals surface area (Å²) in [5.41, 5.74) is 0. The van der Waals surface area contributed by atoms with Crippen molar-refractivity contribution in [2.75, 3.05) is 19.9 Å². The minimum Gasteiger partial charge on any atom is -0.352 e. The van der Waals surface area contributed by atoms with Gasteiger partial charge in [-0.15, -0.1) is 0 Å². The van der Waals surface area contributed by atoms with Crippen molar-refractivity contribution in [3.63, 3.8) is 0 Å². The fraction of sp³-hybridized carbons (Fsp3) is 1.00. The summed E-state index contributed by atoms with van der Waals surface area (Å²) in [5, 5.41) is 0. The maximum atomic E-state index is 5.58. The first kappa shape index (κ1) is 9.66. The molecule has 0 aliphatic carbocycles. The summed E-state index contributed by atoms with van der Waals surface area (Å²) < 4.78 is 11.0. The van der Waals surface area contributed by atoms with Gasteiger partial charge in [-0.05, 0) is 32.6 Å². The highest BCUT2D eigenvalue weighted by atomic mass is 32.4. The topological polar surface area (TPSA) is 18.5 Å². The predicted molar refractivity (Wildman–Crippen MR) is 50.8 cm³/mol. The highest BCUT2D eigenvalue weighted by Crippen LogP contribution is 2.41. The number of ether oxygens (including phenoxy) is 1. The summed E-state index contributed by atoms with van der Waals surface area (Å²) in [4.78, 5) is 0. The van der Waals surface area contributed by atoms with Crippen molar-refractivity contribution in [2.24, 2.45) is 0 Å². The van der Waals surface area contributed by atoms with Gasteiger partial charge >= 0.3 is 0 Å². The average Bonchev–Trinajstić information content (AvgIpc) is 1.85. The third-order valence-electron chi connectivity index (χ3n) is 1.51. The van der Waals surface area contributed by atoms with Crippen molar-refractivity contribution >= 4 is 18.1 Å². The highest BCUT2D eigenvalue weighted by Gasteiger charge is 2.17. The van der Waals surface area contributed by atoms with Gasteiger partial charge in [0.05, 0.1) is 6.26 Å². The maximum absolute atomic E-state index is 5.58. The van der Waals surface area contributed by atoms with Crippen molar-refractivity contribution in [1.82, 2.24) is 0 Å². The minimum atomic E-state index is -1.53. The first-order chi connectivity index (χ1) is 5.08. The van der Waals surface area contributed by atoms with Crippen molar-refractivity contribution in [3.05, 3.63) is 0 Å². The Kier molecular flexibility index (Phi) is 3.51. The Hall–Kier alpha value is 0.570. The van der Waals surface area contributed by atoms with Crippen molar-refractivity contribution in [3.8, 4) is 0 Å². The molecule has 0 unspecified atom stereocenters. The Balaban J connectivity index is 2.30. The van der Waals surface area contributed by atoms with Gasteiger partial charge in [-0.1, -0.05) is 11.8 Å². The van der Waals surface area contributed by atoms with E-state index in [1.54, 1.807) is 0 Å². The molecular weight excluding hydrogens is 179 g/mol. The van der Waals surface area contributed by atoms with Crippen LogP contribution in [0.3, 0.4) is 0 Å². The zero-order valence-corrected chi connectivity index (χ0v) is 8.79. The van der Waals surface area contributed by atoms with Gasteiger partial charge in [-0.2, -0.15) is 0 Å². The molecule has 0 radical (unpaired) electrons. The van der Waals surface area contributed by atoms with Gasteiger partial charge in [-0.25, -0.2) is 0 Å². The van der Waals surface area contributed by atoms with Gasteiger partial charge < -0.3 is 9.26 Å². The molecule has 4 heteroatoms. The minimum absolute atomic E-state index is 0.00965. The van der Waals surface area contributed by atoms with Gasteiger partial charge in [0.25, 0.3) is 0 Å². The lowest BCUT2D eigenvalue weighted by Crippen LogP contribution is -2.20. The lowest BCUT2D eigenvalue weighted by Gasteiger charge is -2.25. The monoisotopic (exact) mass is 194 g/mol. The summed E-state index contributed by atoms with van der Waals surface area (Å²) in [5.74, 6) is 0. The summed E-state index contributed by atoms with van der Waals surface area (Å²) in [6.45, 7) is 4.81. The fourth-order valence-electron chi connectivity index (χ4n) is 1.08. The summed E-state index contributed by atoms with van der Waals surface area (Å²) in [6.07, 6.45) is 1.85. The van der Waals surface area contributed by atoms with Gasteiger partial charge in [0.1, 0.15) is 0 Å². The number of hydrogen-bond donors (Lipinski definition) is 0. The van der Waals surface area contributed by atoms with Crippen LogP contribution in [0.5, 0.6) is 0 Å². The first-order valence-corrected chi connectivity index (χ1v) is 7.54. The molecule has 2 nitrogen and oxygen atoms in total. The van der Waals surface area contributed by atoms with Crippen LogP contribution in [-0.2, 0) is 21.1 Å². The van der Waals surface area contributed by atoms with Crippen LogP contribution in [0, 0.1) is 0 Å². The van der Waals surface area contributed by atoms with E-state index in [2.05, 4.69) is 0 Å². The van der Waals surface area contributed by atoms with Gasteiger partial charge in [0.2, 0.25) is 0 Å². The Labute approximate surface area is 73.4 Å². The van der Waals surface area contributed by atoms with E-state index < -0.39 is 6.26 Å². The molecule has 0 aromatic rings. The first-order valence-electron chi connectivity index (χ1n) is 3.93. The molecule has 0 N–H and O–H groups in total. The Bertz CT molecular complexity index is 160. The maximum Gasteiger partial charge on any atom is 0.162 e. The third-order valence-corrected chi connectivity index (χ3v) is 2.51. The van der Waals surface area contributed by atoms with Gasteiger partial charge in [0, 0.05) is 6.61 Å². The van der Waals surface area contributed by atoms with Crippen LogP contribution in [-0.4, -0.2) is 26.2 Å². The predicted octanol–water partition coefficient (Wildman–Crippen LogP) is 2.18. The summed E-state index contributed by atoms with van der Waals surface area (Å²) in [7, 11) is 0. The van der Waals surface area contributed by atoms with E-state index in [4.69, 9.17) is 21.1 Å². The van der Waals surface area contributed by atoms with E-state index in [1.807, 2.05) is 13.3 Å². The zero-order valence-electron chi connectivity index (χ0n) is 7.08. The van der Waals surface area contributed by atoms with Crippen LogP contribution in [0.25, 0.3) is 0 Å². The molecule has 11 heavy (non-hydrogen) atoms. The van der Waals surface area contributed by atoms with Crippen LogP contribution >= 0.6 is 6.26 Å². The molecule has 1 heterocycles. The van der Waals surface area contributed by atoms with Gasteiger partial charge in [0.15, 0.2) is 6.29 Å². The smallest absolute Gasteiger partial charge is 0.162 e. The summed E-state index contributed by atoms with van der Waals surface area (Å²) >= 11 is 5.17. The lowest BCUT2D eigenvalue weighted by atomic mass is 10.2. The van der Waals surface area contributed by atoms with Gasteiger partial charge in [-0.3, -0.25) is 0 Å². The third kappa shape index (κ3) is 4.22. The molecule has 1 rings (SSSR count). The zero-order chi connectivity index (χ0) is 8.32. The van der Waals surface area contributed by atoms with Crippen LogP contribution in [0.4, 0.5) is 0 Å². The Morgan fingerprint density at radius 1 is 1.45 bits per heavy atom. The van der Waals surface area contributed by atoms with E-state index in [-0.39, 0.29) is 6.29 Å². The van der Waals surface area contributed by atoms with Crippen molar-refractivity contribution in [2.45, 2.75) is 25.6 Å². The van der Waals surface area contributed by atoms with Crippen molar-refractivity contribution in [1.29, 1.82) is 0 Å². The largest absolute Gasteiger partial charge is 0.352 e. The molecule has 0 saturated carbocycles. The highest BCUT2D eigenvalue weighted by molar-refractivity contribution is 8.11. The Morgan fingerprint density at radius 2 is 2.18 bits per heavy atom. The Morgan fingerprint density at radius 3 is 2.64 bits per heavy atom.